The van der Waals surface area contributed by atoms with Gasteiger partial charge >= 0.3 is 0 Å². The highest BCUT2D eigenvalue weighted by molar-refractivity contribution is 7.18. The minimum Gasteiger partial charge on any atom is -0.297 e. The summed E-state index contributed by atoms with van der Waals surface area (Å²) in [4.78, 5) is 15.3. The molecule has 0 saturated carbocycles. The minimum atomic E-state index is -2.03. The van der Waals surface area contributed by atoms with Crippen molar-refractivity contribution in [1.82, 2.24) is 15.2 Å². The van der Waals surface area contributed by atoms with Crippen LogP contribution in [0.25, 0.3) is 10.6 Å². The predicted molar refractivity (Wildman–Crippen MR) is 72.1 cm³/mol. The Morgan fingerprint density at radius 2 is 1.89 bits per heavy atom. The van der Waals surface area contributed by atoms with E-state index in [1.165, 1.54) is 11.3 Å². The standard InChI is InChI=1S/C9H5Cl3N4OS/c10-9(11,12)7(17)14-8-16-15-6(18-8)5-1-3-13-4-2-5/h1-4H,(H,14,16,17). The lowest BCUT2D eigenvalue weighted by Crippen LogP contribution is -2.26. The molecule has 0 saturated heterocycles. The van der Waals surface area contributed by atoms with Gasteiger partial charge in [0.15, 0.2) is 0 Å². The van der Waals surface area contributed by atoms with Crippen molar-refractivity contribution in [2.75, 3.05) is 5.32 Å². The molecule has 18 heavy (non-hydrogen) atoms. The zero-order chi connectivity index (χ0) is 13.2. The van der Waals surface area contributed by atoms with E-state index in [0.717, 1.165) is 5.56 Å². The molecule has 2 rings (SSSR count). The SMILES string of the molecule is O=C(Nc1nnc(-c2ccncc2)s1)C(Cl)(Cl)Cl. The molecule has 1 amide bonds. The molecule has 5 nitrogen and oxygen atoms in total. The molecule has 0 unspecified atom stereocenters. The molecule has 0 atom stereocenters. The first kappa shape index (κ1) is 13.5. The van der Waals surface area contributed by atoms with Gasteiger partial charge in [-0.3, -0.25) is 15.1 Å². The molecule has 0 bridgehead atoms. The van der Waals surface area contributed by atoms with Gasteiger partial charge in [-0.2, -0.15) is 0 Å². The Hall–Kier alpha value is -0.950. The van der Waals surface area contributed by atoms with E-state index in [4.69, 9.17) is 34.8 Å². The molecule has 94 valence electrons. The van der Waals surface area contributed by atoms with E-state index in [1.54, 1.807) is 24.5 Å². The number of alkyl halides is 3. The number of anilines is 1. The van der Waals surface area contributed by atoms with Crippen molar-refractivity contribution in [2.45, 2.75) is 3.79 Å². The van der Waals surface area contributed by atoms with E-state index in [9.17, 15) is 4.79 Å². The van der Waals surface area contributed by atoms with Crippen molar-refractivity contribution in [3.63, 3.8) is 0 Å². The monoisotopic (exact) mass is 322 g/mol. The fourth-order valence-corrected chi connectivity index (χ4v) is 1.94. The van der Waals surface area contributed by atoms with Crippen LogP contribution < -0.4 is 5.32 Å². The van der Waals surface area contributed by atoms with E-state index in [2.05, 4.69) is 20.5 Å². The van der Waals surface area contributed by atoms with Crippen molar-refractivity contribution in [3.8, 4) is 10.6 Å². The third-order valence-corrected chi connectivity index (χ3v) is 3.23. The van der Waals surface area contributed by atoms with Gasteiger partial charge in [0.05, 0.1) is 0 Å². The Balaban J connectivity index is 2.15. The first-order chi connectivity index (χ1) is 8.47. The number of carbonyl (C=O) groups is 1. The minimum absolute atomic E-state index is 0.262. The average Bonchev–Trinajstić information content (AvgIpc) is 2.77. The predicted octanol–water partition coefficient (Wildman–Crippen LogP) is 2.91. The second-order valence-electron chi connectivity index (χ2n) is 3.10. The lowest BCUT2D eigenvalue weighted by molar-refractivity contribution is -0.115. The zero-order valence-corrected chi connectivity index (χ0v) is 11.7. The van der Waals surface area contributed by atoms with Gasteiger partial charge < -0.3 is 0 Å². The van der Waals surface area contributed by atoms with Crippen LogP contribution in [0.5, 0.6) is 0 Å². The summed E-state index contributed by atoms with van der Waals surface area (Å²) in [6, 6.07) is 3.56. The molecule has 0 aliphatic heterocycles. The molecule has 0 spiro atoms. The van der Waals surface area contributed by atoms with Gasteiger partial charge in [-0.05, 0) is 12.1 Å². The average molecular weight is 324 g/mol. The maximum absolute atomic E-state index is 11.4. The van der Waals surface area contributed by atoms with Crippen LogP contribution in [0.4, 0.5) is 5.13 Å². The number of nitrogens with one attached hydrogen (secondary N) is 1. The summed E-state index contributed by atoms with van der Waals surface area (Å²) in [5.41, 5.74) is 0.844. The highest BCUT2D eigenvalue weighted by atomic mass is 35.6. The Bertz CT molecular complexity index is 554. The second-order valence-corrected chi connectivity index (χ2v) is 6.36. The molecule has 9 heteroatoms. The quantitative estimate of drug-likeness (QED) is 0.863. The lowest BCUT2D eigenvalue weighted by Gasteiger charge is -2.07. The van der Waals surface area contributed by atoms with E-state index in [1.807, 2.05) is 0 Å². The van der Waals surface area contributed by atoms with Crippen molar-refractivity contribution in [2.24, 2.45) is 0 Å². The number of rotatable bonds is 2. The molecule has 0 aliphatic carbocycles. The highest BCUT2D eigenvalue weighted by Gasteiger charge is 2.31. The molecule has 0 radical (unpaired) electrons. The largest absolute Gasteiger partial charge is 0.297 e. The zero-order valence-electron chi connectivity index (χ0n) is 8.60. The maximum atomic E-state index is 11.4. The van der Waals surface area contributed by atoms with Gasteiger partial charge in [0, 0.05) is 18.0 Å². The number of aromatic nitrogens is 3. The van der Waals surface area contributed by atoms with Crippen LogP contribution in [0.1, 0.15) is 0 Å². The van der Waals surface area contributed by atoms with Gasteiger partial charge in [0.25, 0.3) is 9.70 Å². The van der Waals surface area contributed by atoms with E-state index >= 15 is 0 Å². The number of nitrogens with zero attached hydrogens (tertiary/aromatic N) is 3. The number of hydrogen-bond donors (Lipinski definition) is 1. The third-order valence-electron chi connectivity index (χ3n) is 1.83. The van der Waals surface area contributed by atoms with Gasteiger partial charge in [-0.1, -0.05) is 46.1 Å². The maximum Gasteiger partial charge on any atom is 0.278 e. The van der Waals surface area contributed by atoms with Crippen LogP contribution in [0, 0.1) is 0 Å². The van der Waals surface area contributed by atoms with Gasteiger partial charge in [-0.25, -0.2) is 0 Å². The molecule has 2 aromatic heterocycles. The first-order valence-corrected chi connectivity index (χ1v) is 6.54. The summed E-state index contributed by atoms with van der Waals surface area (Å²) >= 11 is 17.4. The van der Waals surface area contributed by atoms with Crippen molar-refractivity contribution >= 4 is 57.2 Å². The van der Waals surface area contributed by atoms with Gasteiger partial charge in [-0.15, -0.1) is 10.2 Å². The summed E-state index contributed by atoms with van der Waals surface area (Å²) in [6.07, 6.45) is 3.27. The topological polar surface area (TPSA) is 67.8 Å². The fourth-order valence-electron chi connectivity index (χ4n) is 1.05. The van der Waals surface area contributed by atoms with Crippen LogP contribution in [0.3, 0.4) is 0 Å². The Kier molecular flexibility index (Phi) is 4.01. The molecule has 0 fully saturated rings. The molecule has 2 heterocycles. The summed E-state index contributed by atoms with van der Waals surface area (Å²) in [5.74, 6) is -0.773. The normalized spacial score (nSPS) is 11.3. The Morgan fingerprint density at radius 1 is 1.22 bits per heavy atom. The molecular formula is C9H5Cl3N4OS. The fraction of sp³-hybridized carbons (Fsp3) is 0.111. The number of halogens is 3. The summed E-state index contributed by atoms with van der Waals surface area (Å²) in [7, 11) is 0. The molecule has 0 aromatic carbocycles. The Labute approximate surface area is 121 Å². The van der Waals surface area contributed by atoms with Crippen molar-refractivity contribution < 1.29 is 4.79 Å². The third kappa shape index (κ3) is 3.29. The van der Waals surface area contributed by atoms with Gasteiger partial charge in [0.1, 0.15) is 5.01 Å². The molecule has 2 aromatic rings. The van der Waals surface area contributed by atoms with Crippen LogP contribution in [0.2, 0.25) is 0 Å². The summed E-state index contributed by atoms with van der Waals surface area (Å²) in [5, 5.41) is 11.0. The molecule has 1 N–H and O–H groups in total. The van der Waals surface area contributed by atoms with Gasteiger partial charge in [0.2, 0.25) is 5.13 Å². The van der Waals surface area contributed by atoms with E-state index in [-0.39, 0.29) is 5.13 Å². The van der Waals surface area contributed by atoms with E-state index < -0.39 is 9.70 Å². The van der Waals surface area contributed by atoms with Crippen LogP contribution in [-0.4, -0.2) is 24.9 Å². The number of pyridine rings is 1. The van der Waals surface area contributed by atoms with Crippen LogP contribution in [0.15, 0.2) is 24.5 Å². The number of amides is 1. The summed E-state index contributed by atoms with van der Waals surface area (Å²) < 4.78 is -2.03. The second kappa shape index (κ2) is 5.36. The number of hydrogen-bond acceptors (Lipinski definition) is 5. The highest BCUT2D eigenvalue weighted by Crippen LogP contribution is 2.30. The summed E-state index contributed by atoms with van der Waals surface area (Å²) in [6.45, 7) is 0. The van der Waals surface area contributed by atoms with E-state index in [0.29, 0.717) is 5.01 Å². The van der Waals surface area contributed by atoms with Crippen molar-refractivity contribution in [1.29, 1.82) is 0 Å². The lowest BCUT2D eigenvalue weighted by atomic mass is 10.3. The molecular weight excluding hydrogens is 319 g/mol. The smallest absolute Gasteiger partial charge is 0.278 e. The number of carbonyl (C=O) groups excluding carboxylic acids is 1. The van der Waals surface area contributed by atoms with Crippen LogP contribution in [-0.2, 0) is 4.79 Å². The Morgan fingerprint density at radius 3 is 2.50 bits per heavy atom. The first-order valence-electron chi connectivity index (χ1n) is 4.59. The van der Waals surface area contributed by atoms with Crippen molar-refractivity contribution in [3.05, 3.63) is 24.5 Å². The molecule has 0 aliphatic rings. The van der Waals surface area contributed by atoms with Crippen LogP contribution >= 0.6 is 46.1 Å².